The molecule has 2 aliphatic heterocycles. The average Bonchev–Trinajstić information content (AvgIpc) is 2.63. The predicted octanol–water partition coefficient (Wildman–Crippen LogP) is 1.64. The van der Waals surface area contributed by atoms with Crippen LogP contribution in [0.1, 0.15) is 26.2 Å². The summed E-state index contributed by atoms with van der Waals surface area (Å²) in [5, 5.41) is 0. The first-order chi connectivity index (χ1) is 9.94. The minimum Gasteiger partial charge on any atom is -0.395 e. The molecule has 1 aliphatic carbocycles. The number of carbonyl (C=O) groups is 4. The van der Waals surface area contributed by atoms with E-state index in [-0.39, 0.29) is 36.2 Å². The highest BCUT2D eigenvalue weighted by Gasteiger charge is 2.44. The van der Waals surface area contributed by atoms with Crippen LogP contribution in [0.15, 0.2) is 11.5 Å². The second-order valence-corrected chi connectivity index (χ2v) is 5.30. The van der Waals surface area contributed by atoms with Crippen molar-refractivity contribution in [2.24, 2.45) is 17.8 Å². The van der Waals surface area contributed by atoms with Crippen LogP contribution in [0.2, 0.25) is 0 Å². The third kappa shape index (κ3) is 2.48. The Bertz CT molecular complexity index is 575. The van der Waals surface area contributed by atoms with Gasteiger partial charge < -0.3 is 18.9 Å². The normalized spacial score (nSPS) is 32.7. The number of ether oxygens (including phenoxy) is 4. The topological polar surface area (TPSA) is 105 Å². The minimum absolute atomic E-state index is 0.0169. The number of carbonyl (C=O) groups excluding carboxylic acids is 4. The summed E-state index contributed by atoms with van der Waals surface area (Å²) in [5.74, 6) is -1.74. The quantitative estimate of drug-likeness (QED) is 0.408. The summed E-state index contributed by atoms with van der Waals surface area (Å²) in [6, 6.07) is 0. The van der Waals surface area contributed by atoms with Gasteiger partial charge >= 0.3 is 24.2 Å². The molecule has 1 saturated heterocycles. The van der Waals surface area contributed by atoms with E-state index in [0.717, 1.165) is 0 Å². The number of hydrogen-bond donors (Lipinski definition) is 0. The molecule has 0 bridgehead atoms. The molecule has 0 aromatic heterocycles. The summed E-state index contributed by atoms with van der Waals surface area (Å²) in [6.07, 6.45) is -1.57. The van der Waals surface area contributed by atoms with Gasteiger partial charge in [0.2, 0.25) is 0 Å². The van der Waals surface area contributed by atoms with Gasteiger partial charge in [0, 0.05) is 12.3 Å². The van der Waals surface area contributed by atoms with Crippen LogP contribution in [0.3, 0.4) is 0 Å². The van der Waals surface area contributed by atoms with Gasteiger partial charge in [0.25, 0.3) is 0 Å². The molecule has 0 spiro atoms. The van der Waals surface area contributed by atoms with Gasteiger partial charge in [-0.15, -0.1) is 0 Å². The standard InChI is InChI=1S/C13H12O8/c1-5-2-6(7-4-9(14)19-11(7)15)3-8-10(5)20-13(17)21-12(16)18-8/h5-7H,2-4H2,1H3. The van der Waals surface area contributed by atoms with Gasteiger partial charge in [0.1, 0.15) is 0 Å². The molecule has 8 nitrogen and oxygen atoms in total. The SMILES string of the molecule is CC1CC(C2CC(=O)OC2=O)CC2=C1OC(=O)OC(=O)O2. The molecule has 3 unspecified atom stereocenters. The molecule has 0 radical (unpaired) electrons. The van der Waals surface area contributed by atoms with E-state index in [2.05, 4.69) is 9.47 Å². The Morgan fingerprint density at radius 2 is 1.62 bits per heavy atom. The van der Waals surface area contributed by atoms with Gasteiger partial charge in [-0.1, -0.05) is 6.92 Å². The zero-order chi connectivity index (χ0) is 15.1. The lowest BCUT2D eigenvalue weighted by molar-refractivity contribution is -0.153. The van der Waals surface area contributed by atoms with Crippen LogP contribution in [0, 0.1) is 17.8 Å². The van der Waals surface area contributed by atoms with Crippen LogP contribution >= 0.6 is 0 Å². The van der Waals surface area contributed by atoms with Gasteiger partial charge in [-0.2, -0.15) is 0 Å². The average molecular weight is 296 g/mol. The molecule has 0 N–H and O–H groups in total. The molecule has 0 aromatic carbocycles. The van der Waals surface area contributed by atoms with Crippen LogP contribution in [0.25, 0.3) is 0 Å². The Kier molecular flexibility index (Phi) is 3.15. The van der Waals surface area contributed by atoms with Gasteiger partial charge in [-0.05, 0) is 12.3 Å². The van der Waals surface area contributed by atoms with Crippen molar-refractivity contribution in [1.82, 2.24) is 0 Å². The first-order valence-corrected chi connectivity index (χ1v) is 6.53. The van der Waals surface area contributed by atoms with Crippen LogP contribution < -0.4 is 0 Å². The second-order valence-electron chi connectivity index (χ2n) is 5.30. The molecule has 1 fully saturated rings. The van der Waals surface area contributed by atoms with E-state index in [1.165, 1.54) is 0 Å². The first kappa shape index (κ1) is 13.6. The fraction of sp³-hybridized carbons (Fsp3) is 0.538. The van der Waals surface area contributed by atoms with Crippen molar-refractivity contribution >= 4 is 24.2 Å². The maximum absolute atomic E-state index is 11.7. The largest absolute Gasteiger partial charge is 0.523 e. The van der Waals surface area contributed by atoms with Crippen LogP contribution in [-0.2, 0) is 28.5 Å². The van der Waals surface area contributed by atoms with Crippen molar-refractivity contribution in [3.05, 3.63) is 11.5 Å². The molecule has 0 saturated carbocycles. The van der Waals surface area contributed by atoms with Crippen molar-refractivity contribution in [3.8, 4) is 0 Å². The van der Waals surface area contributed by atoms with Crippen molar-refractivity contribution in [2.45, 2.75) is 26.2 Å². The van der Waals surface area contributed by atoms with Gasteiger partial charge in [0.15, 0.2) is 11.5 Å². The van der Waals surface area contributed by atoms with E-state index < -0.39 is 30.2 Å². The lowest BCUT2D eigenvalue weighted by Gasteiger charge is -2.29. The zero-order valence-electron chi connectivity index (χ0n) is 11.1. The molecule has 2 heterocycles. The molecule has 8 heteroatoms. The molecular weight excluding hydrogens is 284 g/mol. The fourth-order valence-corrected chi connectivity index (χ4v) is 2.97. The summed E-state index contributed by atoms with van der Waals surface area (Å²) in [4.78, 5) is 45.4. The highest BCUT2D eigenvalue weighted by atomic mass is 16.8. The third-order valence-corrected chi connectivity index (χ3v) is 3.87. The molecule has 3 rings (SSSR count). The molecule has 112 valence electrons. The summed E-state index contributed by atoms with van der Waals surface area (Å²) >= 11 is 0. The summed E-state index contributed by atoms with van der Waals surface area (Å²) in [6.45, 7) is 1.77. The predicted molar refractivity (Wildman–Crippen MR) is 62.2 cm³/mol. The monoisotopic (exact) mass is 296 g/mol. The number of cyclic esters (lactones) is 4. The Hall–Kier alpha value is -2.38. The van der Waals surface area contributed by atoms with E-state index in [1.807, 2.05) is 0 Å². The molecular formula is C13H12O8. The smallest absolute Gasteiger partial charge is 0.395 e. The zero-order valence-corrected chi connectivity index (χ0v) is 11.1. The van der Waals surface area contributed by atoms with Gasteiger partial charge in [-0.3, -0.25) is 9.59 Å². The van der Waals surface area contributed by atoms with Crippen LogP contribution in [0.4, 0.5) is 9.59 Å². The van der Waals surface area contributed by atoms with Gasteiger partial charge in [-0.25, -0.2) is 9.59 Å². The minimum atomic E-state index is -1.16. The van der Waals surface area contributed by atoms with Crippen molar-refractivity contribution in [2.75, 3.05) is 0 Å². The number of allylic oxidation sites excluding steroid dienone is 2. The van der Waals surface area contributed by atoms with Gasteiger partial charge in [0.05, 0.1) is 12.3 Å². The Morgan fingerprint density at radius 3 is 2.29 bits per heavy atom. The number of rotatable bonds is 1. The Balaban J connectivity index is 1.84. The Morgan fingerprint density at radius 1 is 0.905 bits per heavy atom. The third-order valence-electron chi connectivity index (χ3n) is 3.87. The van der Waals surface area contributed by atoms with E-state index in [1.54, 1.807) is 6.92 Å². The summed E-state index contributed by atoms with van der Waals surface area (Å²) < 4.78 is 18.7. The van der Waals surface area contributed by atoms with Crippen LogP contribution in [0.5, 0.6) is 0 Å². The van der Waals surface area contributed by atoms with Crippen molar-refractivity contribution < 1.29 is 38.1 Å². The summed E-state index contributed by atoms with van der Waals surface area (Å²) in [5.41, 5.74) is 0. The van der Waals surface area contributed by atoms with E-state index in [4.69, 9.17) is 9.47 Å². The molecule has 0 aromatic rings. The molecule has 0 amide bonds. The number of esters is 2. The van der Waals surface area contributed by atoms with E-state index in [0.29, 0.717) is 6.42 Å². The fourth-order valence-electron chi connectivity index (χ4n) is 2.97. The van der Waals surface area contributed by atoms with Crippen molar-refractivity contribution in [1.29, 1.82) is 0 Å². The second kappa shape index (κ2) is 4.87. The lowest BCUT2D eigenvalue weighted by atomic mass is 9.77. The molecule has 3 atom stereocenters. The maximum atomic E-state index is 11.7. The van der Waals surface area contributed by atoms with Crippen LogP contribution in [-0.4, -0.2) is 24.2 Å². The first-order valence-electron chi connectivity index (χ1n) is 6.53. The van der Waals surface area contributed by atoms with E-state index in [9.17, 15) is 19.2 Å². The highest BCUT2D eigenvalue weighted by Crippen LogP contribution is 2.42. The lowest BCUT2D eigenvalue weighted by Crippen LogP contribution is -2.28. The molecule has 21 heavy (non-hydrogen) atoms. The van der Waals surface area contributed by atoms with E-state index >= 15 is 0 Å². The summed E-state index contributed by atoms with van der Waals surface area (Å²) in [7, 11) is 0. The maximum Gasteiger partial charge on any atom is 0.523 e. The highest BCUT2D eigenvalue weighted by molar-refractivity contribution is 5.94. The van der Waals surface area contributed by atoms with Crippen molar-refractivity contribution in [3.63, 3.8) is 0 Å². The molecule has 3 aliphatic rings. The number of hydrogen-bond acceptors (Lipinski definition) is 8. The Labute approximate surface area is 119 Å².